The van der Waals surface area contributed by atoms with Crippen molar-refractivity contribution in [3.63, 3.8) is 0 Å². The fourth-order valence-corrected chi connectivity index (χ4v) is 1.86. The first kappa shape index (κ1) is 34.2. The number of aliphatic carboxylic acids is 3. The van der Waals surface area contributed by atoms with E-state index in [1.165, 1.54) is 13.8 Å². The van der Waals surface area contributed by atoms with Crippen LogP contribution in [0.4, 0.5) is 0 Å². The minimum atomic E-state index is -1.62. The van der Waals surface area contributed by atoms with Crippen LogP contribution < -0.4 is 15.3 Å². The van der Waals surface area contributed by atoms with E-state index >= 15 is 0 Å². The molecule has 0 radical (unpaired) electrons. The molecule has 0 rings (SSSR count). The van der Waals surface area contributed by atoms with Crippen LogP contribution in [0.25, 0.3) is 0 Å². The molecule has 0 saturated heterocycles. The maximum Gasteiger partial charge on any atom is 3.00 e. The van der Waals surface area contributed by atoms with Crippen molar-refractivity contribution in [2.45, 2.75) is 54.4 Å². The molecule has 0 spiro atoms. The number of carbonyl (C=O) groups excluding carboxylic acids is 7. The number of hydrogen-bond donors (Lipinski definition) is 0. The summed E-state index contributed by atoms with van der Waals surface area (Å²) in [5.41, 5.74) is 0. The monoisotopic (exact) mass is 428 g/mol. The molecular weight excluding hydrogens is 403 g/mol. The molecule has 160 valence electrons. The van der Waals surface area contributed by atoms with E-state index in [0.717, 1.165) is 13.8 Å². The van der Waals surface area contributed by atoms with Gasteiger partial charge in [0.1, 0.15) is 29.1 Å². The Morgan fingerprint density at radius 1 is 0.552 bits per heavy atom. The molecule has 0 aromatic rings. The summed E-state index contributed by atoms with van der Waals surface area (Å²) in [5, 5.41) is 30.1. The van der Waals surface area contributed by atoms with Gasteiger partial charge < -0.3 is 29.7 Å². The Labute approximate surface area is 179 Å². The Morgan fingerprint density at radius 3 is 0.793 bits per heavy atom. The fourth-order valence-electron chi connectivity index (χ4n) is 1.86. The summed E-state index contributed by atoms with van der Waals surface area (Å²) in [6.45, 7) is 7.88. The molecule has 0 aliphatic rings. The SMILES string of the molecule is CC(=O)C(C(C)=O)C(=O)[O-].CCC(C(C)=O)C(=O)[O-].CCC(C(C)=O)C(=O)[O-].[Al+3]. The molecule has 0 fully saturated rings. The summed E-state index contributed by atoms with van der Waals surface area (Å²) in [6, 6.07) is 0. The second-order valence-corrected chi connectivity index (χ2v) is 5.75. The van der Waals surface area contributed by atoms with E-state index in [0.29, 0.717) is 12.8 Å². The molecule has 0 amide bonds. The van der Waals surface area contributed by atoms with Gasteiger partial charge in [0.05, 0.1) is 29.7 Å². The van der Waals surface area contributed by atoms with Crippen LogP contribution in [0.3, 0.4) is 0 Å². The smallest absolute Gasteiger partial charge is 0.549 e. The van der Waals surface area contributed by atoms with Gasteiger partial charge in [-0.1, -0.05) is 13.8 Å². The van der Waals surface area contributed by atoms with Gasteiger partial charge in [-0.3, -0.25) is 19.2 Å². The third kappa shape index (κ3) is 16.3. The second kappa shape index (κ2) is 17.7. The molecule has 0 aromatic heterocycles. The number of carboxylic acid groups (broad SMARTS) is 3. The Hall–Kier alpha value is -2.38. The van der Waals surface area contributed by atoms with Crippen molar-refractivity contribution in [2.24, 2.45) is 17.8 Å². The zero-order chi connectivity index (χ0) is 23.2. The third-order valence-electron chi connectivity index (χ3n) is 3.42. The summed E-state index contributed by atoms with van der Waals surface area (Å²) < 4.78 is 0. The number of hydrogen-bond acceptors (Lipinski definition) is 10. The topological polar surface area (TPSA) is 189 Å². The summed E-state index contributed by atoms with van der Waals surface area (Å²) in [7, 11) is 0. The predicted octanol–water partition coefficient (Wildman–Crippen LogP) is -3.15. The van der Waals surface area contributed by atoms with Crippen molar-refractivity contribution in [3.8, 4) is 0 Å². The second-order valence-electron chi connectivity index (χ2n) is 5.75. The summed E-state index contributed by atoms with van der Waals surface area (Å²) in [6.07, 6.45) is 0.634. The molecule has 29 heavy (non-hydrogen) atoms. The van der Waals surface area contributed by atoms with E-state index in [1.807, 2.05) is 0 Å². The number of ketones is 4. The van der Waals surface area contributed by atoms with Crippen molar-refractivity contribution in [1.82, 2.24) is 0 Å². The normalized spacial score (nSPS) is 11.1. The molecule has 0 saturated carbocycles. The third-order valence-corrected chi connectivity index (χ3v) is 3.42. The van der Waals surface area contributed by atoms with Gasteiger partial charge in [-0.2, -0.15) is 0 Å². The summed E-state index contributed by atoms with van der Waals surface area (Å²) in [4.78, 5) is 71.7. The molecule has 10 nitrogen and oxygen atoms in total. The van der Waals surface area contributed by atoms with Crippen LogP contribution in [0.15, 0.2) is 0 Å². The zero-order valence-corrected chi connectivity index (χ0v) is 18.5. The zero-order valence-electron chi connectivity index (χ0n) is 17.3. The van der Waals surface area contributed by atoms with Crippen LogP contribution in [0.2, 0.25) is 0 Å². The fraction of sp³-hybridized carbons (Fsp3) is 0.611. The van der Waals surface area contributed by atoms with Gasteiger partial charge in [-0.05, 0) is 40.5 Å². The molecule has 2 atom stereocenters. The van der Waals surface area contributed by atoms with Gasteiger partial charge in [0, 0.05) is 0 Å². The maximum absolute atomic E-state index is 10.4. The van der Waals surface area contributed by atoms with Crippen molar-refractivity contribution < 1.29 is 48.9 Å². The van der Waals surface area contributed by atoms with Crippen LogP contribution >= 0.6 is 0 Å². The van der Waals surface area contributed by atoms with Gasteiger partial charge in [-0.15, -0.1) is 0 Å². The quantitative estimate of drug-likeness (QED) is 0.268. The van der Waals surface area contributed by atoms with E-state index in [4.69, 9.17) is 0 Å². The molecule has 0 bridgehead atoms. The molecule has 2 unspecified atom stereocenters. The van der Waals surface area contributed by atoms with Gasteiger partial charge >= 0.3 is 17.4 Å². The van der Waals surface area contributed by atoms with Crippen LogP contribution in [-0.2, 0) is 33.6 Å². The first-order valence-electron chi connectivity index (χ1n) is 8.29. The van der Waals surface area contributed by atoms with E-state index < -0.39 is 47.2 Å². The van der Waals surface area contributed by atoms with E-state index in [2.05, 4.69) is 0 Å². The largest absolute Gasteiger partial charge is 3.00 e. The molecule has 0 aromatic carbocycles. The van der Waals surface area contributed by atoms with E-state index in [-0.39, 0.29) is 28.9 Å². The van der Waals surface area contributed by atoms with Gasteiger partial charge in [0.2, 0.25) is 0 Å². The number of Topliss-reactive ketones (excluding diaryl/α,β-unsaturated/α-hetero) is 4. The van der Waals surface area contributed by atoms with E-state index in [1.54, 1.807) is 13.8 Å². The van der Waals surface area contributed by atoms with Crippen molar-refractivity contribution >= 4 is 58.4 Å². The predicted molar refractivity (Wildman–Crippen MR) is 94.6 cm³/mol. The Bertz CT molecular complexity index is 518. The molecule has 11 heteroatoms. The Morgan fingerprint density at radius 2 is 0.793 bits per heavy atom. The Balaban J connectivity index is -0.000000159. The van der Waals surface area contributed by atoms with Gasteiger partial charge in [0.15, 0.2) is 0 Å². The van der Waals surface area contributed by atoms with Crippen LogP contribution in [0.1, 0.15) is 54.4 Å². The molecule has 0 aliphatic carbocycles. The van der Waals surface area contributed by atoms with Crippen LogP contribution in [-0.4, -0.2) is 58.4 Å². The van der Waals surface area contributed by atoms with Gasteiger partial charge in [-0.25, -0.2) is 0 Å². The molecule has 0 aliphatic heterocycles. The Kier molecular flexibility index (Phi) is 20.8. The molecular formula is C18H25AlO10. The average molecular weight is 428 g/mol. The molecule has 0 N–H and O–H groups in total. The summed E-state index contributed by atoms with van der Waals surface area (Å²) in [5.74, 6) is -9.62. The first-order valence-corrected chi connectivity index (χ1v) is 8.29. The first-order chi connectivity index (χ1) is 12.6. The van der Waals surface area contributed by atoms with Crippen molar-refractivity contribution in [3.05, 3.63) is 0 Å². The van der Waals surface area contributed by atoms with Crippen LogP contribution in [0.5, 0.6) is 0 Å². The number of rotatable bonds is 9. The minimum absolute atomic E-state index is 0. The van der Waals surface area contributed by atoms with E-state index in [9.17, 15) is 48.9 Å². The van der Waals surface area contributed by atoms with Crippen molar-refractivity contribution in [1.29, 1.82) is 0 Å². The minimum Gasteiger partial charge on any atom is -0.549 e. The number of carbonyl (C=O) groups is 7. The summed E-state index contributed by atoms with van der Waals surface area (Å²) >= 11 is 0. The van der Waals surface area contributed by atoms with Gasteiger partial charge in [0.25, 0.3) is 0 Å². The average Bonchev–Trinajstić information content (AvgIpc) is 2.46. The maximum atomic E-state index is 10.4. The van der Waals surface area contributed by atoms with Crippen molar-refractivity contribution in [2.75, 3.05) is 0 Å². The van der Waals surface area contributed by atoms with Crippen LogP contribution in [0, 0.1) is 17.8 Å². The standard InChI is InChI=1S/C6H8O4.2C6H10O3.Al/c1-3(7)5(4(2)8)6(9)10;2*1-3-5(4(2)7)6(8)9;/h5H,1-2H3,(H,9,10);2*5H,3H2,1-2H3,(H,8,9);/q;;;+3/p-3. The number of carboxylic acids is 3. The molecule has 0 heterocycles.